The van der Waals surface area contributed by atoms with E-state index in [-0.39, 0.29) is 0 Å². The smallest absolute Gasteiger partial charge is 0.0387 e. The Balaban J connectivity index is 1.89. The van der Waals surface area contributed by atoms with Gasteiger partial charge in [0.05, 0.1) is 0 Å². The van der Waals surface area contributed by atoms with Crippen LogP contribution in [0.2, 0.25) is 0 Å². The number of benzene rings is 2. The van der Waals surface area contributed by atoms with E-state index in [0.29, 0.717) is 0 Å². The van der Waals surface area contributed by atoms with Gasteiger partial charge in [0.25, 0.3) is 0 Å². The van der Waals surface area contributed by atoms with Gasteiger partial charge in [-0.1, -0.05) is 24.3 Å². The summed E-state index contributed by atoms with van der Waals surface area (Å²) in [6.07, 6.45) is 0. The van der Waals surface area contributed by atoms with Crippen LogP contribution in [0.4, 0.5) is 11.4 Å². The highest BCUT2D eigenvalue weighted by Gasteiger charge is 2.04. The minimum Gasteiger partial charge on any atom is -0.399 e. The molecule has 2 nitrogen and oxygen atoms in total. The van der Waals surface area contributed by atoms with Gasteiger partial charge >= 0.3 is 0 Å². The van der Waals surface area contributed by atoms with Gasteiger partial charge in [-0.2, -0.15) is 0 Å². The van der Waals surface area contributed by atoms with E-state index in [1.54, 1.807) is 0 Å². The molecule has 100 valence electrons. The molecule has 0 atom stereocenters. The van der Waals surface area contributed by atoms with Crippen molar-refractivity contribution in [2.75, 3.05) is 29.5 Å². The summed E-state index contributed by atoms with van der Waals surface area (Å²) in [6.45, 7) is 4.20. The largest absolute Gasteiger partial charge is 0.399 e. The van der Waals surface area contributed by atoms with Crippen molar-refractivity contribution in [3.8, 4) is 0 Å². The van der Waals surface area contributed by atoms with E-state index in [4.69, 9.17) is 5.73 Å². The summed E-state index contributed by atoms with van der Waals surface area (Å²) < 4.78 is 0. The van der Waals surface area contributed by atoms with Crippen molar-refractivity contribution in [2.45, 2.75) is 11.8 Å². The molecule has 0 aliphatic heterocycles. The molecule has 0 aliphatic carbocycles. The highest BCUT2D eigenvalue weighted by Crippen LogP contribution is 2.20. The summed E-state index contributed by atoms with van der Waals surface area (Å²) in [5.74, 6) is 1.08. The van der Waals surface area contributed by atoms with E-state index in [2.05, 4.69) is 48.2 Å². The van der Waals surface area contributed by atoms with Gasteiger partial charge in [-0.15, -0.1) is 11.8 Å². The molecule has 2 aromatic carbocycles. The van der Waals surface area contributed by atoms with E-state index in [9.17, 15) is 0 Å². The lowest BCUT2D eigenvalue weighted by atomic mass is 10.2. The van der Waals surface area contributed by atoms with Crippen LogP contribution in [0.1, 0.15) is 6.92 Å². The lowest BCUT2D eigenvalue weighted by molar-refractivity contribution is 0.873. The molecule has 0 heterocycles. The zero-order valence-electron chi connectivity index (χ0n) is 11.3. The van der Waals surface area contributed by atoms with Gasteiger partial charge in [0.1, 0.15) is 0 Å². The molecule has 3 heteroatoms. The molecule has 0 saturated carbocycles. The number of anilines is 2. The van der Waals surface area contributed by atoms with Crippen molar-refractivity contribution in [3.63, 3.8) is 0 Å². The zero-order valence-corrected chi connectivity index (χ0v) is 12.1. The molecule has 0 amide bonds. The van der Waals surface area contributed by atoms with Crippen LogP contribution < -0.4 is 10.6 Å². The van der Waals surface area contributed by atoms with Crippen LogP contribution in [0.5, 0.6) is 0 Å². The zero-order chi connectivity index (χ0) is 13.5. The summed E-state index contributed by atoms with van der Waals surface area (Å²) >= 11 is 1.89. The van der Waals surface area contributed by atoms with E-state index < -0.39 is 0 Å². The van der Waals surface area contributed by atoms with Crippen LogP contribution >= 0.6 is 11.8 Å². The van der Waals surface area contributed by atoms with Crippen molar-refractivity contribution >= 4 is 23.1 Å². The highest BCUT2D eigenvalue weighted by atomic mass is 32.2. The summed E-state index contributed by atoms with van der Waals surface area (Å²) in [7, 11) is 0. The van der Waals surface area contributed by atoms with Gasteiger partial charge in [0.15, 0.2) is 0 Å². The van der Waals surface area contributed by atoms with Gasteiger partial charge in [0.2, 0.25) is 0 Å². The minimum atomic E-state index is 0.826. The number of thioether (sulfide) groups is 1. The van der Waals surface area contributed by atoms with Crippen molar-refractivity contribution in [1.29, 1.82) is 0 Å². The molecule has 0 saturated heterocycles. The second kappa shape index (κ2) is 7.10. The van der Waals surface area contributed by atoms with Crippen LogP contribution in [0.3, 0.4) is 0 Å². The van der Waals surface area contributed by atoms with Gasteiger partial charge in [-0.05, 0) is 37.3 Å². The lowest BCUT2D eigenvalue weighted by Crippen LogP contribution is -2.25. The Hall–Kier alpha value is -1.61. The monoisotopic (exact) mass is 272 g/mol. The van der Waals surface area contributed by atoms with E-state index in [1.807, 2.05) is 30.0 Å². The first-order valence-electron chi connectivity index (χ1n) is 6.58. The van der Waals surface area contributed by atoms with Crippen LogP contribution in [0, 0.1) is 0 Å². The molecular formula is C16H20N2S. The Morgan fingerprint density at radius 3 is 2.53 bits per heavy atom. The van der Waals surface area contributed by atoms with Crippen molar-refractivity contribution in [3.05, 3.63) is 54.6 Å². The maximum atomic E-state index is 5.84. The van der Waals surface area contributed by atoms with E-state index >= 15 is 0 Å². The topological polar surface area (TPSA) is 29.3 Å². The Kier molecular flexibility index (Phi) is 5.16. The molecule has 2 rings (SSSR count). The first-order chi connectivity index (χ1) is 9.29. The molecule has 0 spiro atoms. The predicted octanol–water partition coefficient (Wildman–Crippen LogP) is 3.89. The van der Waals surface area contributed by atoms with Gasteiger partial charge in [-0.3, -0.25) is 0 Å². The van der Waals surface area contributed by atoms with Gasteiger partial charge in [-0.25, -0.2) is 0 Å². The fraction of sp³-hybridized carbons (Fsp3) is 0.250. The van der Waals surface area contributed by atoms with Crippen LogP contribution in [-0.2, 0) is 0 Å². The van der Waals surface area contributed by atoms with Crippen molar-refractivity contribution in [1.82, 2.24) is 0 Å². The van der Waals surface area contributed by atoms with E-state index in [1.165, 1.54) is 10.6 Å². The SMILES string of the molecule is CCN(CCSc1ccccc1)c1cccc(N)c1. The second-order valence-electron chi connectivity index (χ2n) is 4.34. The third-order valence-electron chi connectivity index (χ3n) is 2.99. The Morgan fingerprint density at radius 2 is 1.84 bits per heavy atom. The van der Waals surface area contributed by atoms with Crippen LogP contribution in [0.25, 0.3) is 0 Å². The molecule has 0 unspecified atom stereocenters. The van der Waals surface area contributed by atoms with Crippen LogP contribution in [-0.4, -0.2) is 18.8 Å². The van der Waals surface area contributed by atoms with Gasteiger partial charge < -0.3 is 10.6 Å². The molecule has 0 bridgehead atoms. The maximum Gasteiger partial charge on any atom is 0.0387 e. The summed E-state index contributed by atoms with van der Waals surface area (Å²) in [5.41, 5.74) is 7.87. The molecule has 2 aromatic rings. The number of nitrogen functional groups attached to an aromatic ring is 1. The molecule has 0 radical (unpaired) electrons. The number of hydrogen-bond donors (Lipinski definition) is 1. The minimum absolute atomic E-state index is 0.826. The fourth-order valence-electron chi connectivity index (χ4n) is 1.98. The normalized spacial score (nSPS) is 10.4. The number of nitrogens with two attached hydrogens (primary N) is 1. The number of nitrogens with zero attached hydrogens (tertiary/aromatic N) is 1. The fourth-order valence-corrected chi connectivity index (χ4v) is 2.88. The van der Waals surface area contributed by atoms with E-state index in [0.717, 1.165) is 24.5 Å². The predicted molar refractivity (Wildman–Crippen MR) is 85.9 cm³/mol. The first-order valence-corrected chi connectivity index (χ1v) is 7.56. The standard InChI is InChI=1S/C16H20N2S/c1-2-18(15-8-6-7-14(17)13-15)11-12-19-16-9-4-3-5-10-16/h3-10,13H,2,11-12,17H2,1H3. The third-order valence-corrected chi connectivity index (χ3v) is 3.98. The highest BCUT2D eigenvalue weighted by molar-refractivity contribution is 7.99. The third kappa shape index (κ3) is 4.21. The molecule has 0 fully saturated rings. The Morgan fingerprint density at radius 1 is 1.05 bits per heavy atom. The molecule has 0 aromatic heterocycles. The summed E-state index contributed by atoms with van der Waals surface area (Å²) in [4.78, 5) is 3.68. The van der Waals surface area contributed by atoms with Gasteiger partial charge in [0, 0.05) is 35.1 Å². The molecule has 0 aliphatic rings. The molecule has 2 N–H and O–H groups in total. The number of rotatable bonds is 6. The molecule has 19 heavy (non-hydrogen) atoms. The quantitative estimate of drug-likeness (QED) is 0.639. The molecular weight excluding hydrogens is 252 g/mol. The lowest BCUT2D eigenvalue weighted by Gasteiger charge is -2.23. The average molecular weight is 272 g/mol. The van der Waals surface area contributed by atoms with Crippen molar-refractivity contribution in [2.24, 2.45) is 0 Å². The Labute approximate surface area is 119 Å². The maximum absolute atomic E-state index is 5.84. The van der Waals surface area contributed by atoms with Crippen molar-refractivity contribution < 1.29 is 0 Å². The number of hydrogen-bond acceptors (Lipinski definition) is 3. The van der Waals surface area contributed by atoms with Crippen LogP contribution in [0.15, 0.2) is 59.5 Å². The summed E-state index contributed by atoms with van der Waals surface area (Å²) in [6, 6.07) is 18.6. The first kappa shape index (κ1) is 13.8. The Bertz CT molecular complexity index is 499. The average Bonchev–Trinajstić information content (AvgIpc) is 2.45. The second-order valence-corrected chi connectivity index (χ2v) is 5.50. The summed E-state index contributed by atoms with van der Waals surface area (Å²) in [5, 5.41) is 0.